The average Bonchev–Trinajstić information content (AvgIpc) is 2.91. The van der Waals surface area contributed by atoms with E-state index in [1.807, 2.05) is 6.92 Å². The van der Waals surface area contributed by atoms with E-state index in [0.29, 0.717) is 24.6 Å². The number of aryl methyl sites for hydroxylation is 1. The fourth-order valence-electron chi connectivity index (χ4n) is 1.99. The van der Waals surface area contributed by atoms with Gasteiger partial charge in [-0.1, -0.05) is 12.1 Å². The van der Waals surface area contributed by atoms with Crippen LogP contribution in [0.4, 0.5) is 0 Å². The normalized spacial score (nSPS) is 13.2. The van der Waals surface area contributed by atoms with Crippen LogP contribution in [-0.4, -0.2) is 33.2 Å². The van der Waals surface area contributed by atoms with Crippen LogP contribution in [0.2, 0.25) is 0 Å². The van der Waals surface area contributed by atoms with Crippen molar-refractivity contribution in [2.24, 2.45) is 0 Å². The van der Waals surface area contributed by atoms with Crippen molar-refractivity contribution < 1.29 is 17.6 Å². The van der Waals surface area contributed by atoms with Gasteiger partial charge in [-0.3, -0.25) is 0 Å². The molecule has 6 nitrogen and oxygen atoms in total. The van der Waals surface area contributed by atoms with Gasteiger partial charge in [0.25, 0.3) is 0 Å². The van der Waals surface area contributed by atoms with Crippen LogP contribution in [-0.2, 0) is 14.8 Å². The Morgan fingerprint density at radius 3 is 2.55 bits per heavy atom. The first kappa shape index (κ1) is 16.7. The third-order valence-electron chi connectivity index (χ3n) is 3.19. The van der Waals surface area contributed by atoms with Crippen LogP contribution in [0.15, 0.2) is 39.8 Å². The summed E-state index contributed by atoms with van der Waals surface area (Å²) in [7, 11) is -1.94. The summed E-state index contributed by atoms with van der Waals surface area (Å²) >= 11 is 0. The van der Waals surface area contributed by atoms with Gasteiger partial charge in [0, 0.05) is 32.2 Å². The molecule has 1 aromatic heterocycles. The van der Waals surface area contributed by atoms with Gasteiger partial charge < -0.3 is 9.15 Å². The third kappa shape index (κ3) is 4.16. The minimum atomic E-state index is -3.53. The van der Waals surface area contributed by atoms with Gasteiger partial charge in [-0.15, -0.1) is 0 Å². The topological polar surface area (TPSA) is 81.4 Å². The van der Waals surface area contributed by atoms with Crippen molar-refractivity contribution >= 4 is 10.0 Å². The third-order valence-corrected chi connectivity index (χ3v) is 4.80. The number of nitrogens with one attached hydrogen (secondary N) is 1. The Labute approximate surface area is 130 Å². The molecule has 0 amide bonds. The summed E-state index contributed by atoms with van der Waals surface area (Å²) in [6.45, 7) is 4.07. The SMILES string of the molecule is COCC[C@H](C)NS(=O)(=O)c1ccc(-c2coc(C)n2)cc1. The molecule has 0 aliphatic heterocycles. The van der Waals surface area contributed by atoms with Gasteiger partial charge in [0.15, 0.2) is 5.89 Å². The summed E-state index contributed by atoms with van der Waals surface area (Å²) in [5, 5.41) is 0. The van der Waals surface area contributed by atoms with Crippen LogP contribution in [0.25, 0.3) is 11.3 Å². The van der Waals surface area contributed by atoms with E-state index in [9.17, 15) is 8.42 Å². The lowest BCUT2D eigenvalue weighted by molar-refractivity contribution is 0.188. The quantitative estimate of drug-likeness (QED) is 0.845. The first-order chi connectivity index (χ1) is 10.4. The molecule has 0 radical (unpaired) electrons. The van der Waals surface area contributed by atoms with Crippen molar-refractivity contribution in [2.45, 2.75) is 31.2 Å². The molecule has 0 unspecified atom stereocenters. The molecule has 1 aromatic carbocycles. The number of sulfonamides is 1. The number of hydrogen-bond acceptors (Lipinski definition) is 5. The molecule has 0 aliphatic rings. The number of methoxy groups -OCH3 is 1. The highest BCUT2D eigenvalue weighted by Crippen LogP contribution is 2.20. The van der Waals surface area contributed by atoms with E-state index in [1.165, 1.54) is 0 Å². The zero-order valence-corrected chi connectivity index (χ0v) is 13.7. The number of aromatic nitrogens is 1. The Bertz CT molecular complexity index is 707. The Morgan fingerprint density at radius 2 is 2.00 bits per heavy atom. The van der Waals surface area contributed by atoms with Crippen molar-refractivity contribution in [2.75, 3.05) is 13.7 Å². The van der Waals surface area contributed by atoms with Crippen LogP contribution in [0, 0.1) is 6.92 Å². The largest absolute Gasteiger partial charge is 0.449 e. The van der Waals surface area contributed by atoms with E-state index in [0.717, 1.165) is 5.56 Å². The van der Waals surface area contributed by atoms with E-state index >= 15 is 0 Å². The van der Waals surface area contributed by atoms with Crippen LogP contribution in [0.1, 0.15) is 19.2 Å². The fourth-order valence-corrected chi connectivity index (χ4v) is 3.27. The fraction of sp³-hybridized carbons (Fsp3) is 0.400. The van der Waals surface area contributed by atoms with Crippen LogP contribution in [0.3, 0.4) is 0 Å². The smallest absolute Gasteiger partial charge is 0.240 e. The van der Waals surface area contributed by atoms with Crippen molar-refractivity contribution in [1.82, 2.24) is 9.71 Å². The molecule has 7 heteroatoms. The molecule has 0 saturated carbocycles. The highest BCUT2D eigenvalue weighted by atomic mass is 32.2. The summed E-state index contributed by atoms with van der Waals surface area (Å²) in [4.78, 5) is 4.43. The van der Waals surface area contributed by atoms with Gasteiger partial charge in [0.05, 0.1) is 4.90 Å². The molecule has 2 rings (SSSR count). The highest BCUT2D eigenvalue weighted by molar-refractivity contribution is 7.89. The monoisotopic (exact) mass is 324 g/mol. The zero-order valence-electron chi connectivity index (χ0n) is 12.9. The van der Waals surface area contributed by atoms with Crippen molar-refractivity contribution in [3.63, 3.8) is 0 Å². The molecule has 1 atom stereocenters. The summed E-state index contributed by atoms with van der Waals surface area (Å²) in [6, 6.07) is 6.36. The Hall–Kier alpha value is -1.70. The molecule has 1 heterocycles. The van der Waals surface area contributed by atoms with Crippen molar-refractivity contribution in [3.8, 4) is 11.3 Å². The molecule has 120 valence electrons. The number of oxazole rings is 1. The molecule has 22 heavy (non-hydrogen) atoms. The van der Waals surface area contributed by atoms with Gasteiger partial charge in [-0.05, 0) is 25.5 Å². The number of ether oxygens (including phenoxy) is 1. The Kier molecular flexibility index (Phi) is 5.33. The summed E-state index contributed by atoms with van der Waals surface area (Å²) < 4.78 is 37.3. The predicted molar refractivity (Wildman–Crippen MR) is 83.0 cm³/mol. The van der Waals surface area contributed by atoms with E-state index < -0.39 is 10.0 Å². The number of nitrogens with zero attached hydrogens (tertiary/aromatic N) is 1. The molecule has 0 saturated heterocycles. The van der Waals surface area contributed by atoms with E-state index in [2.05, 4.69) is 9.71 Å². The first-order valence-electron chi connectivity index (χ1n) is 6.96. The lowest BCUT2D eigenvalue weighted by Gasteiger charge is -2.13. The number of rotatable bonds is 7. The summed E-state index contributed by atoms with van der Waals surface area (Å²) in [5.74, 6) is 0.570. The van der Waals surface area contributed by atoms with Crippen LogP contribution >= 0.6 is 0 Å². The summed E-state index contributed by atoms with van der Waals surface area (Å²) in [5.41, 5.74) is 1.49. The molecule has 0 bridgehead atoms. The molecule has 0 aliphatic carbocycles. The second-order valence-corrected chi connectivity index (χ2v) is 6.79. The minimum Gasteiger partial charge on any atom is -0.449 e. The maximum atomic E-state index is 12.3. The van der Waals surface area contributed by atoms with Gasteiger partial charge in [-0.2, -0.15) is 0 Å². The molecule has 1 N–H and O–H groups in total. The van der Waals surface area contributed by atoms with Gasteiger partial charge in [0.2, 0.25) is 10.0 Å². The van der Waals surface area contributed by atoms with Crippen molar-refractivity contribution in [1.29, 1.82) is 0 Å². The number of hydrogen-bond donors (Lipinski definition) is 1. The predicted octanol–water partition coefficient (Wildman–Crippen LogP) is 2.35. The Balaban J connectivity index is 2.12. The van der Waals surface area contributed by atoms with Gasteiger partial charge in [-0.25, -0.2) is 18.1 Å². The minimum absolute atomic E-state index is 0.192. The van der Waals surface area contributed by atoms with Gasteiger partial charge >= 0.3 is 0 Å². The molecule has 0 fully saturated rings. The Morgan fingerprint density at radius 1 is 1.32 bits per heavy atom. The van der Waals surface area contributed by atoms with E-state index in [4.69, 9.17) is 9.15 Å². The molecular formula is C15H20N2O4S. The molecule has 2 aromatic rings. The second-order valence-electron chi connectivity index (χ2n) is 5.08. The van der Waals surface area contributed by atoms with Crippen LogP contribution < -0.4 is 4.72 Å². The molecule has 0 spiro atoms. The number of benzene rings is 1. The first-order valence-corrected chi connectivity index (χ1v) is 8.44. The maximum absolute atomic E-state index is 12.3. The lowest BCUT2D eigenvalue weighted by atomic mass is 10.2. The van der Waals surface area contributed by atoms with Crippen LogP contribution in [0.5, 0.6) is 0 Å². The van der Waals surface area contributed by atoms with E-state index in [-0.39, 0.29) is 10.9 Å². The standard InChI is InChI=1S/C15H20N2O4S/c1-11(8-9-20-3)17-22(18,19)14-6-4-13(5-7-14)15-10-21-12(2)16-15/h4-7,10-11,17H,8-9H2,1-3H3/t11-/m0/s1. The molecular weight excluding hydrogens is 304 g/mol. The van der Waals surface area contributed by atoms with Gasteiger partial charge in [0.1, 0.15) is 12.0 Å². The average molecular weight is 324 g/mol. The highest BCUT2D eigenvalue weighted by Gasteiger charge is 2.17. The maximum Gasteiger partial charge on any atom is 0.240 e. The second kappa shape index (κ2) is 7.04. The van der Waals surface area contributed by atoms with Crippen molar-refractivity contribution in [3.05, 3.63) is 36.4 Å². The zero-order chi connectivity index (χ0) is 16.2. The lowest BCUT2D eigenvalue weighted by Crippen LogP contribution is -2.33. The van der Waals surface area contributed by atoms with E-state index in [1.54, 1.807) is 44.6 Å². The summed E-state index contributed by atoms with van der Waals surface area (Å²) in [6.07, 6.45) is 2.16.